The molecule has 2 rings (SSSR count). The molecule has 0 bridgehead atoms. The van der Waals surface area contributed by atoms with Crippen molar-refractivity contribution in [3.63, 3.8) is 0 Å². The van der Waals surface area contributed by atoms with E-state index in [0.717, 1.165) is 0 Å². The van der Waals surface area contributed by atoms with Crippen molar-refractivity contribution < 1.29 is 18.3 Å². The summed E-state index contributed by atoms with van der Waals surface area (Å²) in [4.78, 5) is 14.3. The van der Waals surface area contributed by atoms with E-state index in [4.69, 9.17) is 39.5 Å². The third kappa shape index (κ3) is 6.24. The molecule has 0 spiro atoms. The van der Waals surface area contributed by atoms with Gasteiger partial charge in [0.25, 0.3) is 0 Å². The number of urea groups is 1. The molecule has 0 aliphatic rings. The Balaban J connectivity index is 2.08. The number of rotatable bonds is 5. The predicted octanol–water partition coefficient (Wildman–Crippen LogP) is 6.45. The lowest BCUT2D eigenvalue weighted by atomic mass is 10.2. The summed E-state index contributed by atoms with van der Waals surface area (Å²) in [5, 5.41) is -0.443. The second-order valence-electron chi connectivity index (χ2n) is 5.02. The number of hydrogen-bond donors (Lipinski definition) is 1. The molecule has 4 nitrogen and oxygen atoms in total. The van der Waals surface area contributed by atoms with Gasteiger partial charge in [-0.2, -0.15) is 13.8 Å². The van der Waals surface area contributed by atoms with Crippen LogP contribution in [0.15, 0.2) is 58.4 Å². The Labute approximate surface area is 173 Å². The van der Waals surface area contributed by atoms with Crippen LogP contribution in [0, 0.1) is 0 Å². The van der Waals surface area contributed by atoms with Gasteiger partial charge >= 0.3 is 11.3 Å². The lowest BCUT2D eigenvalue weighted by molar-refractivity contribution is 0.122. The van der Waals surface area contributed by atoms with E-state index in [-0.39, 0.29) is 22.6 Å². The number of halogens is 5. The van der Waals surface area contributed by atoms with Gasteiger partial charge in [0.1, 0.15) is 0 Å². The summed E-state index contributed by atoms with van der Waals surface area (Å²) < 4.78 is 32.1. The monoisotopic (exact) mass is 452 g/mol. The first-order valence-corrected chi connectivity index (χ1v) is 9.43. The SMILES string of the molecule is COC(=NC(=O)Nc1ccc(SC(F)(F)C(Cl)Cl)cc1)c1ccccc1Cl. The van der Waals surface area contributed by atoms with E-state index in [1.165, 1.54) is 31.4 Å². The van der Waals surface area contributed by atoms with Crippen LogP contribution in [0.1, 0.15) is 5.56 Å². The molecule has 0 heterocycles. The largest absolute Gasteiger partial charge is 0.480 e. The predicted molar refractivity (Wildman–Crippen MR) is 107 cm³/mol. The number of amides is 2. The normalized spacial score (nSPS) is 12.2. The van der Waals surface area contributed by atoms with Gasteiger partial charge in [0.15, 0.2) is 4.84 Å². The number of ether oxygens (including phenoxy) is 1. The lowest BCUT2D eigenvalue weighted by Gasteiger charge is -2.16. The fourth-order valence-corrected chi connectivity index (χ4v) is 3.06. The summed E-state index contributed by atoms with van der Waals surface area (Å²) >= 11 is 16.8. The molecule has 0 saturated heterocycles. The van der Waals surface area contributed by atoms with E-state index in [1.54, 1.807) is 24.3 Å². The molecule has 2 amide bonds. The van der Waals surface area contributed by atoms with Gasteiger partial charge in [0, 0.05) is 10.6 Å². The van der Waals surface area contributed by atoms with Gasteiger partial charge in [-0.1, -0.05) is 46.9 Å². The first-order chi connectivity index (χ1) is 12.7. The molecule has 2 aromatic carbocycles. The number of nitrogens with one attached hydrogen (secondary N) is 1. The van der Waals surface area contributed by atoms with Crippen LogP contribution in [0.5, 0.6) is 0 Å². The van der Waals surface area contributed by atoms with Crippen LogP contribution in [-0.2, 0) is 4.74 Å². The summed E-state index contributed by atoms with van der Waals surface area (Å²) in [7, 11) is 1.36. The van der Waals surface area contributed by atoms with Crippen LogP contribution in [0.3, 0.4) is 0 Å². The summed E-state index contributed by atoms with van der Waals surface area (Å²) in [6, 6.07) is 11.8. The zero-order chi connectivity index (χ0) is 20.0. The Kier molecular flexibility index (Phi) is 7.73. The third-order valence-electron chi connectivity index (χ3n) is 3.11. The molecule has 1 N–H and O–H groups in total. The van der Waals surface area contributed by atoms with Gasteiger partial charge in [0.2, 0.25) is 5.90 Å². The van der Waals surface area contributed by atoms with Gasteiger partial charge in [-0.25, -0.2) is 4.79 Å². The van der Waals surface area contributed by atoms with E-state index in [1.807, 2.05) is 0 Å². The van der Waals surface area contributed by atoms with Crippen molar-refractivity contribution in [3.8, 4) is 0 Å². The molecule has 144 valence electrons. The maximum atomic E-state index is 13.5. The molecule has 0 unspecified atom stereocenters. The Morgan fingerprint density at radius 1 is 1.19 bits per heavy atom. The maximum absolute atomic E-state index is 13.5. The molecule has 0 radical (unpaired) electrons. The molecule has 27 heavy (non-hydrogen) atoms. The Bertz CT molecular complexity index is 833. The maximum Gasteiger partial charge on any atom is 0.348 e. The summed E-state index contributed by atoms with van der Waals surface area (Å²) in [6.45, 7) is 0. The highest BCUT2D eigenvalue weighted by Crippen LogP contribution is 2.42. The van der Waals surface area contributed by atoms with Crippen molar-refractivity contribution in [1.29, 1.82) is 0 Å². The number of carbonyl (C=O) groups is 1. The van der Waals surface area contributed by atoms with Gasteiger partial charge in [-0.05, 0) is 48.2 Å². The van der Waals surface area contributed by atoms with Gasteiger partial charge < -0.3 is 10.1 Å². The van der Waals surface area contributed by atoms with Gasteiger partial charge in [0.05, 0.1) is 17.7 Å². The summed E-state index contributed by atoms with van der Waals surface area (Å²) in [5.41, 5.74) is 0.821. The molecule has 0 atom stereocenters. The van der Waals surface area contributed by atoms with Crippen molar-refractivity contribution in [2.45, 2.75) is 15.0 Å². The fraction of sp³-hybridized carbons (Fsp3) is 0.176. The van der Waals surface area contributed by atoms with Crippen molar-refractivity contribution >= 4 is 64.2 Å². The van der Waals surface area contributed by atoms with E-state index in [0.29, 0.717) is 16.3 Å². The fourth-order valence-electron chi connectivity index (χ4n) is 1.90. The number of methoxy groups -OCH3 is 1. The number of carbonyl (C=O) groups excluding carboxylic acids is 1. The molecule has 2 aromatic rings. The smallest absolute Gasteiger partial charge is 0.348 e. The Morgan fingerprint density at radius 2 is 1.81 bits per heavy atom. The van der Waals surface area contributed by atoms with Crippen LogP contribution in [0.25, 0.3) is 0 Å². The topological polar surface area (TPSA) is 50.7 Å². The van der Waals surface area contributed by atoms with Crippen molar-refractivity contribution in [2.24, 2.45) is 4.99 Å². The molecule has 0 fully saturated rings. The van der Waals surface area contributed by atoms with Crippen LogP contribution in [-0.4, -0.2) is 29.1 Å². The standard InChI is InChI=1S/C17H13Cl3F2N2O2S/c1-26-14(12-4-2-3-5-13(12)18)24-16(25)23-10-6-8-11(9-7-10)27-17(21,22)15(19)20/h2-9,15H,1H3,(H,23,25). The minimum absolute atomic E-state index is 0.0418. The molecule has 0 saturated carbocycles. The number of hydrogen-bond acceptors (Lipinski definition) is 3. The zero-order valence-electron chi connectivity index (χ0n) is 13.8. The molecule has 0 aliphatic heterocycles. The van der Waals surface area contributed by atoms with E-state index in [9.17, 15) is 13.6 Å². The molecule has 0 aromatic heterocycles. The summed E-state index contributed by atoms with van der Waals surface area (Å²) in [5.74, 6) is 0.0418. The minimum Gasteiger partial charge on any atom is -0.480 e. The Morgan fingerprint density at radius 3 is 2.37 bits per heavy atom. The van der Waals surface area contributed by atoms with Crippen LogP contribution in [0.4, 0.5) is 19.3 Å². The van der Waals surface area contributed by atoms with E-state index < -0.39 is 16.1 Å². The van der Waals surface area contributed by atoms with Crippen molar-refractivity contribution in [3.05, 3.63) is 59.1 Å². The highest BCUT2D eigenvalue weighted by molar-refractivity contribution is 8.00. The van der Waals surface area contributed by atoms with Crippen LogP contribution >= 0.6 is 46.6 Å². The Hall–Kier alpha value is -1.54. The van der Waals surface area contributed by atoms with Crippen LogP contribution in [0.2, 0.25) is 5.02 Å². The number of alkyl halides is 4. The summed E-state index contributed by atoms with van der Waals surface area (Å²) in [6.07, 6.45) is 0. The number of nitrogens with zero attached hydrogens (tertiary/aromatic N) is 1. The average Bonchev–Trinajstić information content (AvgIpc) is 2.61. The highest BCUT2D eigenvalue weighted by atomic mass is 35.5. The van der Waals surface area contributed by atoms with Crippen LogP contribution < -0.4 is 5.32 Å². The number of anilines is 1. The van der Waals surface area contributed by atoms with Crippen molar-refractivity contribution in [2.75, 3.05) is 12.4 Å². The lowest BCUT2D eigenvalue weighted by Crippen LogP contribution is -2.19. The second-order valence-corrected chi connectivity index (χ2v) is 7.74. The first kappa shape index (κ1) is 21.8. The number of benzene rings is 2. The molecule has 10 heteroatoms. The average molecular weight is 454 g/mol. The molecular formula is C17H13Cl3F2N2O2S. The molecule has 0 aliphatic carbocycles. The molecular weight excluding hydrogens is 441 g/mol. The quantitative estimate of drug-likeness (QED) is 0.245. The third-order valence-corrected chi connectivity index (χ3v) is 5.27. The van der Waals surface area contributed by atoms with Crippen molar-refractivity contribution in [1.82, 2.24) is 0 Å². The first-order valence-electron chi connectivity index (χ1n) is 7.36. The number of thioether (sulfide) groups is 1. The highest BCUT2D eigenvalue weighted by Gasteiger charge is 2.38. The van der Waals surface area contributed by atoms with Gasteiger partial charge in [-0.3, -0.25) is 0 Å². The second kappa shape index (κ2) is 9.59. The van der Waals surface area contributed by atoms with Gasteiger partial charge in [-0.15, -0.1) is 0 Å². The zero-order valence-corrected chi connectivity index (χ0v) is 16.8. The van der Waals surface area contributed by atoms with E-state index in [2.05, 4.69) is 10.3 Å². The minimum atomic E-state index is -3.33. The number of aliphatic imine (C=N–C) groups is 1. The van der Waals surface area contributed by atoms with E-state index >= 15 is 0 Å².